The van der Waals surface area contributed by atoms with E-state index >= 15 is 0 Å². The van der Waals surface area contributed by atoms with Crippen LogP contribution in [-0.4, -0.2) is 30.8 Å². The first-order valence-corrected chi connectivity index (χ1v) is 7.31. The van der Waals surface area contributed by atoms with Gasteiger partial charge in [-0.05, 0) is 39.7 Å². The smallest absolute Gasteiger partial charge is 0.311 e. The molecule has 0 aromatic heterocycles. The molecule has 118 valence electrons. The second kappa shape index (κ2) is 9.18. The van der Waals surface area contributed by atoms with E-state index in [0.717, 1.165) is 31.7 Å². The zero-order chi connectivity index (χ0) is 15.7. The summed E-state index contributed by atoms with van der Waals surface area (Å²) < 4.78 is 10.8. The number of rotatable bonds is 10. The molecule has 0 aliphatic rings. The molecular weight excluding hydrogens is 272 g/mol. The number of nitro benzene ring substituents is 1. The van der Waals surface area contributed by atoms with Crippen molar-refractivity contribution in [1.29, 1.82) is 0 Å². The molecular formula is C15H24N2O4. The van der Waals surface area contributed by atoms with Crippen LogP contribution in [0.4, 0.5) is 11.4 Å². The highest BCUT2D eigenvalue weighted by molar-refractivity contribution is 5.57. The zero-order valence-electron chi connectivity index (χ0n) is 12.9. The molecule has 1 aromatic rings. The third-order valence-corrected chi connectivity index (χ3v) is 2.81. The topological polar surface area (TPSA) is 73.6 Å². The van der Waals surface area contributed by atoms with Gasteiger partial charge >= 0.3 is 5.69 Å². The molecule has 0 saturated heterocycles. The van der Waals surface area contributed by atoms with Crippen LogP contribution in [0.15, 0.2) is 18.2 Å². The molecule has 0 saturated carbocycles. The number of nitro groups is 1. The van der Waals surface area contributed by atoms with E-state index in [1.165, 1.54) is 6.07 Å². The Bertz CT molecular complexity index is 449. The van der Waals surface area contributed by atoms with Crippen LogP contribution in [0.1, 0.15) is 33.6 Å². The Labute approximate surface area is 125 Å². The van der Waals surface area contributed by atoms with Crippen molar-refractivity contribution in [2.45, 2.75) is 39.7 Å². The molecule has 1 N–H and O–H groups in total. The molecule has 1 aromatic carbocycles. The van der Waals surface area contributed by atoms with Crippen LogP contribution in [0.5, 0.6) is 5.75 Å². The summed E-state index contributed by atoms with van der Waals surface area (Å²) in [6, 6.07) is 4.84. The quantitative estimate of drug-likeness (QED) is 0.405. The van der Waals surface area contributed by atoms with Crippen molar-refractivity contribution in [3.05, 3.63) is 28.3 Å². The Hall–Kier alpha value is -1.82. The van der Waals surface area contributed by atoms with Gasteiger partial charge in [-0.25, -0.2) is 0 Å². The molecule has 0 radical (unpaired) electrons. The van der Waals surface area contributed by atoms with Crippen molar-refractivity contribution in [1.82, 2.24) is 0 Å². The number of anilines is 1. The Kier molecular flexibility index (Phi) is 7.53. The number of hydrogen-bond donors (Lipinski definition) is 1. The summed E-state index contributed by atoms with van der Waals surface area (Å²) in [6.45, 7) is 7.79. The van der Waals surface area contributed by atoms with Crippen molar-refractivity contribution < 1.29 is 14.4 Å². The maximum atomic E-state index is 10.9. The first-order chi connectivity index (χ1) is 10.0. The largest absolute Gasteiger partial charge is 0.487 e. The highest BCUT2D eigenvalue weighted by Gasteiger charge is 2.15. The number of nitrogens with zero attached hydrogens (tertiary/aromatic N) is 1. The van der Waals surface area contributed by atoms with Crippen LogP contribution < -0.4 is 10.1 Å². The van der Waals surface area contributed by atoms with Gasteiger partial charge in [-0.2, -0.15) is 0 Å². The molecule has 6 nitrogen and oxygen atoms in total. The molecule has 0 amide bonds. The van der Waals surface area contributed by atoms with Crippen molar-refractivity contribution in [2.75, 3.05) is 25.1 Å². The summed E-state index contributed by atoms with van der Waals surface area (Å²) in [6.07, 6.45) is 2.23. The minimum atomic E-state index is -0.433. The number of ether oxygens (including phenoxy) is 2. The van der Waals surface area contributed by atoms with Gasteiger partial charge in [0.1, 0.15) is 0 Å². The van der Waals surface area contributed by atoms with Crippen LogP contribution >= 0.6 is 0 Å². The van der Waals surface area contributed by atoms with Crippen LogP contribution in [0, 0.1) is 10.1 Å². The van der Waals surface area contributed by atoms with Crippen LogP contribution in [0.3, 0.4) is 0 Å². The van der Waals surface area contributed by atoms with Gasteiger partial charge in [0.25, 0.3) is 0 Å². The monoisotopic (exact) mass is 296 g/mol. The normalized spacial score (nSPS) is 10.7. The maximum Gasteiger partial charge on any atom is 0.311 e. The highest BCUT2D eigenvalue weighted by Crippen LogP contribution is 2.30. The predicted octanol–water partition coefficient (Wildman–Crippen LogP) is 3.61. The Balaban J connectivity index is 2.45. The van der Waals surface area contributed by atoms with E-state index in [9.17, 15) is 10.1 Å². The molecule has 21 heavy (non-hydrogen) atoms. The summed E-state index contributed by atoms with van der Waals surface area (Å²) >= 11 is 0. The molecule has 0 aliphatic heterocycles. The lowest BCUT2D eigenvalue weighted by Crippen LogP contribution is -2.07. The van der Waals surface area contributed by atoms with Gasteiger partial charge in [0, 0.05) is 31.0 Å². The van der Waals surface area contributed by atoms with E-state index in [2.05, 4.69) is 5.32 Å². The number of nitrogens with one attached hydrogen (secondary N) is 1. The van der Waals surface area contributed by atoms with Crippen molar-refractivity contribution in [3.8, 4) is 5.75 Å². The van der Waals surface area contributed by atoms with Crippen LogP contribution in [-0.2, 0) is 4.74 Å². The summed E-state index contributed by atoms with van der Waals surface area (Å²) in [4.78, 5) is 10.5. The van der Waals surface area contributed by atoms with Crippen LogP contribution in [0.25, 0.3) is 0 Å². The predicted molar refractivity (Wildman–Crippen MR) is 83.1 cm³/mol. The Morgan fingerprint density at radius 3 is 2.71 bits per heavy atom. The summed E-state index contributed by atoms with van der Waals surface area (Å²) in [5.74, 6) is 0.302. The number of benzene rings is 1. The molecule has 1 rings (SSSR count). The lowest BCUT2D eigenvalue weighted by atomic mass is 10.2. The van der Waals surface area contributed by atoms with Crippen LogP contribution in [0.2, 0.25) is 0 Å². The van der Waals surface area contributed by atoms with E-state index in [0.29, 0.717) is 12.4 Å². The third-order valence-electron chi connectivity index (χ3n) is 2.81. The highest BCUT2D eigenvalue weighted by atomic mass is 16.6. The summed E-state index contributed by atoms with van der Waals surface area (Å²) in [7, 11) is 0. The molecule has 0 spiro atoms. The van der Waals surface area contributed by atoms with E-state index in [1.54, 1.807) is 19.1 Å². The van der Waals surface area contributed by atoms with Crippen molar-refractivity contribution in [3.63, 3.8) is 0 Å². The minimum Gasteiger partial charge on any atom is -0.487 e. The van der Waals surface area contributed by atoms with E-state index in [-0.39, 0.29) is 11.8 Å². The second-order valence-electron chi connectivity index (χ2n) is 4.93. The minimum absolute atomic E-state index is 0.00673. The van der Waals surface area contributed by atoms with E-state index < -0.39 is 4.92 Å². The van der Waals surface area contributed by atoms with Gasteiger partial charge in [0.15, 0.2) is 5.75 Å². The molecule has 6 heteroatoms. The molecule has 0 bridgehead atoms. The SMILES string of the molecule is CCOc1cc(NCCCCOC(C)C)ccc1[N+](=O)[O-]. The fraction of sp³-hybridized carbons (Fsp3) is 0.600. The Morgan fingerprint density at radius 2 is 2.10 bits per heavy atom. The average Bonchev–Trinajstić information content (AvgIpc) is 2.42. The molecule has 0 unspecified atom stereocenters. The van der Waals surface area contributed by atoms with Gasteiger partial charge in [-0.3, -0.25) is 10.1 Å². The molecule has 0 aliphatic carbocycles. The number of hydrogen-bond acceptors (Lipinski definition) is 5. The standard InChI is InChI=1S/C15H24N2O4/c1-4-20-15-11-13(7-8-14(15)17(18)19)16-9-5-6-10-21-12(2)3/h7-8,11-12,16H,4-6,9-10H2,1-3H3. The lowest BCUT2D eigenvalue weighted by Gasteiger charge is -2.10. The first kappa shape index (κ1) is 17.2. The lowest BCUT2D eigenvalue weighted by molar-refractivity contribution is -0.385. The fourth-order valence-corrected chi connectivity index (χ4v) is 1.82. The van der Waals surface area contributed by atoms with Crippen molar-refractivity contribution in [2.24, 2.45) is 0 Å². The second-order valence-corrected chi connectivity index (χ2v) is 4.93. The zero-order valence-corrected chi connectivity index (χ0v) is 12.9. The van der Waals surface area contributed by atoms with Gasteiger partial charge in [-0.15, -0.1) is 0 Å². The third kappa shape index (κ3) is 6.44. The van der Waals surface area contributed by atoms with Gasteiger partial charge < -0.3 is 14.8 Å². The molecule has 0 atom stereocenters. The summed E-state index contributed by atoms with van der Waals surface area (Å²) in [5.41, 5.74) is 0.821. The molecule has 0 fully saturated rings. The summed E-state index contributed by atoms with van der Waals surface area (Å²) in [5, 5.41) is 14.1. The van der Waals surface area contributed by atoms with Gasteiger partial charge in [0.05, 0.1) is 17.6 Å². The fourth-order valence-electron chi connectivity index (χ4n) is 1.82. The van der Waals surface area contributed by atoms with Gasteiger partial charge in [-0.1, -0.05) is 0 Å². The molecule has 0 heterocycles. The maximum absolute atomic E-state index is 10.9. The van der Waals surface area contributed by atoms with Gasteiger partial charge in [0.2, 0.25) is 0 Å². The van der Waals surface area contributed by atoms with E-state index in [1.807, 2.05) is 13.8 Å². The average molecular weight is 296 g/mol. The van der Waals surface area contributed by atoms with E-state index in [4.69, 9.17) is 9.47 Å². The van der Waals surface area contributed by atoms with Crippen molar-refractivity contribution >= 4 is 11.4 Å². The number of unbranched alkanes of at least 4 members (excludes halogenated alkanes) is 1. The first-order valence-electron chi connectivity index (χ1n) is 7.31. The Morgan fingerprint density at radius 1 is 1.33 bits per heavy atom.